The quantitative estimate of drug-likeness (QED) is 0.880. The van der Waals surface area contributed by atoms with Gasteiger partial charge in [0, 0.05) is 24.7 Å². The number of pyridine rings is 1. The van der Waals surface area contributed by atoms with Crippen LogP contribution in [0.1, 0.15) is 24.8 Å². The van der Waals surface area contributed by atoms with Crippen molar-refractivity contribution in [2.75, 3.05) is 7.11 Å². The number of nitrogens with zero attached hydrogens (tertiary/aromatic N) is 1. The number of carbonyl (C=O) groups is 1. The molecular weight excluding hydrogens is 228 g/mol. The van der Waals surface area contributed by atoms with Crippen molar-refractivity contribution < 1.29 is 9.53 Å². The molecule has 1 aromatic rings. The van der Waals surface area contributed by atoms with E-state index in [0.717, 1.165) is 30.2 Å². The van der Waals surface area contributed by atoms with Gasteiger partial charge in [0.15, 0.2) is 0 Å². The SMILES string of the molecule is COc1cc(CNC(=O)C2CC3CC3C2)ccn1. The molecule has 3 rings (SSSR count). The number of hydrogen-bond acceptors (Lipinski definition) is 3. The van der Waals surface area contributed by atoms with E-state index in [4.69, 9.17) is 4.74 Å². The fourth-order valence-corrected chi connectivity index (χ4v) is 2.93. The molecule has 96 valence electrons. The van der Waals surface area contributed by atoms with Gasteiger partial charge in [-0.25, -0.2) is 4.98 Å². The summed E-state index contributed by atoms with van der Waals surface area (Å²) in [5, 5.41) is 3.01. The number of fused-ring (bicyclic) bond motifs is 1. The monoisotopic (exact) mass is 246 g/mol. The molecule has 1 heterocycles. The van der Waals surface area contributed by atoms with Crippen molar-refractivity contribution in [1.82, 2.24) is 10.3 Å². The molecule has 0 saturated heterocycles. The zero-order chi connectivity index (χ0) is 12.5. The Kier molecular flexibility index (Phi) is 2.94. The zero-order valence-corrected chi connectivity index (χ0v) is 10.6. The van der Waals surface area contributed by atoms with Crippen LogP contribution in [0.15, 0.2) is 18.3 Å². The van der Waals surface area contributed by atoms with Crippen LogP contribution in [0, 0.1) is 17.8 Å². The van der Waals surface area contributed by atoms with Crippen LogP contribution in [0.3, 0.4) is 0 Å². The summed E-state index contributed by atoms with van der Waals surface area (Å²) in [6, 6.07) is 3.75. The van der Waals surface area contributed by atoms with Crippen LogP contribution in [0.5, 0.6) is 5.88 Å². The molecule has 2 fully saturated rings. The van der Waals surface area contributed by atoms with E-state index in [9.17, 15) is 4.79 Å². The standard InChI is InChI=1S/C14H18N2O2/c1-18-13-4-9(2-3-15-13)8-16-14(17)12-6-10-5-11(10)7-12/h2-4,10-12H,5-8H2,1H3,(H,16,17). The Labute approximate surface area is 107 Å². The molecule has 0 bridgehead atoms. The van der Waals surface area contributed by atoms with Crippen LogP contribution in [0.2, 0.25) is 0 Å². The largest absolute Gasteiger partial charge is 0.481 e. The van der Waals surface area contributed by atoms with Crippen LogP contribution in [-0.2, 0) is 11.3 Å². The highest BCUT2D eigenvalue weighted by Gasteiger charge is 2.47. The van der Waals surface area contributed by atoms with Gasteiger partial charge < -0.3 is 10.1 Å². The third kappa shape index (κ3) is 2.33. The normalized spacial score (nSPS) is 28.6. The summed E-state index contributed by atoms with van der Waals surface area (Å²) in [6.45, 7) is 0.559. The number of hydrogen-bond donors (Lipinski definition) is 1. The lowest BCUT2D eigenvalue weighted by Crippen LogP contribution is -2.29. The van der Waals surface area contributed by atoms with Gasteiger partial charge in [0.05, 0.1) is 7.11 Å². The Balaban J connectivity index is 1.52. The van der Waals surface area contributed by atoms with Gasteiger partial charge >= 0.3 is 0 Å². The summed E-state index contributed by atoms with van der Waals surface area (Å²) in [7, 11) is 1.59. The molecule has 1 N–H and O–H groups in total. The fourth-order valence-electron chi connectivity index (χ4n) is 2.93. The van der Waals surface area contributed by atoms with Crippen LogP contribution >= 0.6 is 0 Å². The van der Waals surface area contributed by atoms with Crippen molar-refractivity contribution in [2.24, 2.45) is 17.8 Å². The number of rotatable bonds is 4. The Hall–Kier alpha value is -1.58. The molecular formula is C14H18N2O2. The second kappa shape index (κ2) is 4.59. The molecule has 1 amide bonds. The Morgan fingerprint density at radius 1 is 1.44 bits per heavy atom. The smallest absolute Gasteiger partial charge is 0.223 e. The Morgan fingerprint density at radius 3 is 2.94 bits per heavy atom. The molecule has 4 heteroatoms. The fraction of sp³-hybridized carbons (Fsp3) is 0.571. The van der Waals surface area contributed by atoms with Crippen LogP contribution < -0.4 is 10.1 Å². The molecule has 0 aromatic carbocycles. The maximum atomic E-state index is 12.0. The highest BCUT2D eigenvalue weighted by Crippen LogP contribution is 2.54. The van der Waals surface area contributed by atoms with E-state index in [1.54, 1.807) is 13.3 Å². The maximum Gasteiger partial charge on any atom is 0.223 e. The highest BCUT2D eigenvalue weighted by molar-refractivity contribution is 5.79. The van der Waals surface area contributed by atoms with E-state index in [1.807, 2.05) is 12.1 Å². The molecule has 2 aliphatic carbocycles. The van der Waals surface area contributed by atoms with Gasteiger partial charge in [-0.05, 0) is 42.7 Å². The van der Waals surface area contributed by atoms with Crippen molar-refractivity contribution in [3.63, 3.8) is 0 Å². The molecule has 2 unspecified atom stereocenters. The number of carbonyl (C=O) groups excluding carboxylic acids is 1. The maximum absolute atomic E-state index is 12.0. The van der Waals surface area contributed by atoms with E-state index in [0.29, 0.717) is 12.4 Å². The van der Waals surface area contributed by atoms with E-state index < -0.39 is 0 Å². The highest BCUT2D eigenvalue weighted by atomic mass is 16.5. The molecule has 2 atom stereocenters. The van der Waals surface area contributed by atoms with Gasteiger partial charge in [-0.1, -0.05) is 0 Å². The summed E-state index contributed by atoms with van der Waals surface area (Å²) >= 11 is 0. The summed E-state index contributed by atoms with van der Waals surface area (Å²) in [6.07, 6.45) is 5.24. The number of amides is 1. The van der Waals surface area contributed by atoms with E-state index in [1.165, 1.54) is 6.42 Å². The molecule has 0 spiro atoms. The average Bonchev–Trinajstić information content (AvgIpc) is 3.02. The molecule has 4 nitrogen and oxygen atoms in total. The Morgan fingerprint density at radius 2 is 2.22 bits per heavy atom. The topological polar surface area (TPSA) is 51.2 Å². The molecule has 2 saturated carbocycles. The Bertz CT molecular complexity index is 451. The predicted octanol–water partition coefficient (Wildman–Crippen LogP) is 1.75. The van der Waals surface area contributed by atoms with Crippen molar-refractivity contribution in [3.8, 4) is 5.88 Å². The third-order valence-electron chi connectivity index (χ3n) is 4.09. The van der Waals surface area contributed by atoms with Gasteiger partial charge in [0.1, 0.15) is 0 Å². The van der Waals surface area contributed by atoms with E-state index in [-0.39, 0.29) is 11.8 Å². The van der Waals surface area contributed by atoms with Gasteiger partial charge in [0.25, 0.3) is 0 Å². The van der Waals surface area contributed by atoms with Gasteiger partial charge in [-0.2, -0.15) is 0 Å². The van der Waals surface area contributed by atoms with E-state index in [2.05, 4.69) is 10.3 Å². The first-order chi connectivity index (χ1) is 8.76. The number of nitrogens with one attached hydrogen (secondary N) is 1. The summed E-state index contributed by atoms with van der Waals surface area (Å²) in [5.74, 6) is 2.74. The first-order valence-corrected chi connectivity index (χ1v) is 6.53. The van der Waals surface area contributed by atoms with Crippen molar-refractivity contribution in [2.45, 2.75) is 25.8 Å². The van der Waals surface area contributed by atoms with Crippen molar-refractivity contribution in [1.29, 1.82) is 0 Å². The second-order valence-electron chi connectivity index (χ2n) is 5.35. The second-order valence-corrected chi connectivity index (χ2v) is 5.35. The summed E-state index contributed by atoms with van der Waals surface area (Å²) in [4.78, 5) is 16.0. The third-order valence-corrected chi connectivity index (χ3v) is 4.09. The lowest BCUT2D eigenvalue weighted by atomic mass is 10.0. The van der Waals surface area contributed by atoms with Crippen molar-refractivity contribution in [3.05, 3.63) is 23.9 Å². The minimum Gasteiger partial charge on any atom is -0.481 e. The molecule has 0 radical (unpaired) electrons. The lowest BCUT2D eigenvalue weighted by Gasteiger charge is -2.12. The van der Waals surface area contributed by atoms with Crippen LogP contribution in [0.4, 0.5) is 0 Å². The number of methoxy groups -OCH3 is 1. The van der Waals surface area contributed by atoms with Gasteiger partial charge in [0.2, 0.25) is 11.8 Å². The molecule has 0 aliphatic heterocycles. The minimum atomic E-state index is 0.206. The van der Waals surface area contributed by atoms with Gasteiger partial charge in [-0.15, -0.1) is 0 Å². The van der Waals surface area contributed by atoms with Crippen LogP contribution in [0.25, 0.3) is 0 Å². The minimum absolute atomic E-state index is 0.206. The lowest BCUT2D eigenvalue weighted by molar-refractivity contribution is -0.125. The first-order valence-electron chi connectivity index (χ1n) is 6.53. The van der Waals surface area contributed by atoms with E-state index >= 15 is 0 Å². The average molecular weight is 246 g/mol. The number of aromatic nitrogens is 1. The predicted molar refractivity (Wildman–Crippen MR) is 67.0 cm³/mol. The molecule has 2 aliphatic rings. The summed E-state index contributed by atoms with van der Waals surface area (Å²) in [5.41, 5.74) is 1.03. The molecule has 1 aromatic heterocycles. The first kappa shape index (κ1) is 11.5. The van der Waals surface area contributed by atoms with Crippen molar-refractivity contribution >= 4 is 5.91 Å². The van der Waals surface area contributed by atoms with Gasteiger partial charge in [-0.3, -0.25) is 4.79 Å². The number of ether oxygens (including phenoxy) is 1. The molecule has 18 heavy (non-hydrogen) atoms. The zero-order valence-electron chi connectivity index (χ0n) is 10.6. The summed E-state index contributed by atoms with van der Waals surface area (Å²) < 4.78 is 5.06. The van der Waals surface area contributed by atoms with Crippen LogP contribution in [-0.4, -0.2) is 18.0 Å².